The zero-order valence-electron chi connectivity index (χ0n) is 16.6. The van der Waals surface area contributed by atoms with Gasteiger partial charge >= 0.3 is 6.03 Å². The van der Waals surface area contributed by atoms with Gasteiger partial charge in [0.15, 0.2) is 0 Å². The standard InChI is InChI=1S/C15H16Cl2FNO.C6H10N2O2/c16-10-1-2-11(18)12(13(10)17)14(19-8-20)15-5-3-9(7-15)4-6-15;9-5-3-1-2-4-7-6(10)8-5/h1-2,8-9,14H,3-7H2,(H,19,20);1-4H2,(H2,7,8,9,10). The van der Waals surface area contributed by atoms with E-state index < -0.39 is 11.9 Å². The maximum Gasteiger partial charge on any atom is 0.321 e. The number of benzene rings is 1. The number of amides is 4. The van der Waals surface area contributed by atoms with E-state index in [1.807, 2.05) is 0 Å². The van der Waals surface area contributed by atoms with Gasteiger partial charge in [0, 0.05) is 18.5 Å². The minimum atomic E-state index is -0.400. The molecule has 0 spiro atoms. The second-order valence-electron chi connectivity index (χ2n) is 8.25. The highest BCUT2D eigenvalue weighted by molar-refractivity contribution is 6.42. The van der Waals surface area contributed by atoms with Gasteiger partial charge < -0.3 is 10.6 Å². The van der Waals surface area contributed by atoms with Crippen LogP contribution < -0.4 is 16.0 Å². The molecule has 3 fully saturated rings. The van der Waals surface area contributed by atoms with E-state index in [1.165, 1.54) is 12.1 Å². The minimum Gasteiger partial charge on any atom is -0.351 e. The maximum atomic E-state index is 14.3. The predicted molar refractivity (Wildman–Crippen MR) is 113 cm³/mol. The van der Waals surface area contributed by atoms with Crippen LogP contribution in [0.5, 0.6) is 0 Å². The normalized spacial score (nSPS) is 26.4. The second-order valence-corrected chi connectivity index (χ2v) is 9.03. The fourth-order valence-electron chi connectivity index (χ4n) is 4.93. The van der Waals surface area contributed by atoms with Crippen LogP contribution in [0.2, 0.25) is 10.0 Å². The second kappa shape index (κ2) is 9.96. The minimum absolute atomic E-state index is 0.0687. The first-order valence-electron chi connectivity index (χ1n) is 10.3. The lowest BCUT2D eigenvalue weighted by Gasteiger charge is -2.36. The third kappa shape index (κ3) is 5.06. The van der Waals surface area contributed by atoms with Gasteiger partial charge in [-0.3, -0.25) is 14.9 Å². The van der Waals surface area contributed by atoms with Crippen LogP contribution in [0, 0.1) is 17.2 Å². The average molecular weight is 458 g/mol. The molecular weight excluding hydrogens is 432 g/mol. The summed E-state index contributed by atoms with van der Waals surface area (Å²) in [7, 11) is 0. The van der Waals surface area contributed by atoms with Crippen molar-refractivity contribution in [2.75, 3.05) is 6.54 Å². The van der Waals surface area contributed by atoms with Gasteiger partial charge in [-0.05, 0) is 68.4 Å². The van der Waals surface area contributed by atoms with E-state index in [9.17, 15) is 18.8 Å². The number of fused-ring (bicyclic) bond motifs is 2. The van der Waals surface area contributed by atoms with Crippen LogP contribution in [0.4, 0.5) is 9.18 Å². The van der Waals surface area contributed by atoms with Crippen molar-refractivity contribution in [3.05, 3.63) is 33.6 Å². The summed E-state index contributed by atoms with van der Waals surface area (Å²) in [5, 5.41) is 8.08. The van der Waals surface area contributed by atoms with Crippen LogP contribution in [0.1, 0.15) is 63.0 Å². The fraction of sp³-hybridized carbons (Fsp3) is 0.571. The summed E-state index contributed by atoms with van der Waals surface area (Å²) in [5.41, 5.74) is 0.273. The fourth-order valence-corrected chi connectivity index (χ4v) is 5.36. The topological polar surface area (TPSA) is 87.3 Å². The monoisotopic (exact) mass is 457 g/mol. The highest BCUT2D eigenvalue weighted by Crippen LogP contribution is 2.60. The largest absolute Gasteiger partial charge is 0.351 e. The molecule has 9 heteroatoms. The lowest BCUT2D eigenvalue weighted by Crippen LogP contribution is -2.41. The van der Waals surface area contributed by atoms with E-state index in [0.29, 0.717) is 35.9 Å². The summed E-state index contributed by atoms with van der Waals surface area (Å²) in [5.74, 6) is 0.118. The Labute approximate surface area is 185 Å². The van der Waals surface area contributed by atoms with E-state index in [1.54, 1.807) is 0 Å². The smallest absolute Gasteiger partial charge is 0.321 e. The third-order valence-electron chi connectivity index (χ3n) is 6.38. The van der Waals surface area contributed by atoms with Crippen molar-refractivity contribution < 1.29 is 18.8 Å². The zero-order valence-corrected chi connectivity index (χ0v) is 18.1. The maximum absolute atomic E-state index is 14.3. The molecule has 6 nitrogen and oxygen atoms in total. The number of rotatable bonds is 4. The first kappa shape index (κ1) is 22.8. The van der Waals surface area contributed by atoms with Crippen molar-refractivity contribution in [2.24, 2.45) is 11.3 Å². The van der Waals surface area contributed by atoms with Crippen molar-refractivity contribution in [1.82, 2.24) is 16.0 Å². The van der Waals surface area contributed by atoms with Crippen LogP contribution >= 0.6 is 23.2 Å². The third-order valence-corrected chi connectivity index (χ3v) is 7.20. The van der Waals surface area contributed by atoms with E-state index in [2.05, 4.69) is 16.0 Å². The molecule has 1 aromatic carbocycles. The van der Waals surface area contributed by atoms with Gasteiger partial charge in [-0.1, -0.05) is 23.2 Å². The highest BCUT2D eigenvalue weighted by Gasteiger charge is 2.51. The molecule has 3 aliphatic rings. The number of imide groups is 1. The number of hydrogen-bond acceptors (Lipinski definition) is 3. The summed E-state index contributed by atoms with van der Waals surface area (Å²) < 4.78 is 14.3. The van der Waals surface area contributed by atoms with E-state index in [-0.39, 0.29) is 22.4 Å². The van der Waals surface area contributed by atoms with Crippen LogP contribution in [0.15, 0.2) is 12.1 Å². The van der Waals surface area contributed by atoms with Crippen LogP contribution in [0.25, 0.3) is 0 Å². The highest BCUT2D eigenvalue weighted by atomic mass is 35.5. The molecule has 2 saturated carbocycles. The Bertz CT molecular complexity index is 797. The molecule has 4 amide bonds. The van der Waals surface area contributed by atoms with Crippen molar-refractivity contribution >= 4 is 41.6 Å². The summed E-state index contributed by atoms with van der Waals surface area (Å²) in [6.45, 7) is 0.666. The van der Waals surface area contributed by atoms with Crippen molar-refractivity contribution in [1.29, 1.82) is 0 Å². The lowest BCUT2D eigenvalue weighted by molar-refractivity contribution is -0.120. The van der Waals surface area contributed by atoms with Crippen molar-refractivity contribution in [3.8, 4) is 0 Å². The molecular formula is C21H26Cl2FN3O3. The number of carbonyl (C=O) groups is 3. The van der Waals surface area contributed by atoms with Gasteiger partial charge in [-0.2, -0.15) is 0 Å². The molecule has 1 aliphatic heterocycles. The molecule has 3 N–H and O–H groups in total. The molecule has 1 atom stereocenters. The number of halogens is 3. The Morgan fingerprint density at radius 3 is 2.57 bits per heavy atom. The summed E-state index contributed by atoms with van der Waals surface area (Å²) in [6.07, 6.45) is 8.19. The van der Waals surface area contributed by atoms with E-state index in [4.69, 9.17) is 23.2 Å². The van der Waals surface area contributed by atoms with E-state index in [0.717, 1.165) is 44.9 Å². The quantitative estimate of drug-likeness (QED) is 0.459. The number of nitrogens with one attached hydrogen (secondary N) is 3. The molecule has 0 aromatic heterocycles. The molecule has 1 heterocycles. The van der Waals surface area contributed by atoms with Crippen LogP contribution in [0.3, 0.4) is 0 Å². The molecule has 1 unspecified atom stereocenters. The number of hydrogen-bond donors (Lipinski definition) is 3. The molecule has 1 aromatic rings. The molecule has 2 bridgehead atoms. The Hall–Kier alpha value is -1.86. The molecule has 164 valence electrons. The Kier molecular flexibility index (Phi) is 7.58. The van der Waals surface area contributed by atoms with Crippen LogP contribution in [-0.2, 0) is 9.59 Å². The van der Waals surface area contributed by atoms with Gasteiger partial charge in [-0.25, -0.2) is 9.18 Å². The molecule has 2 aliphatic carbocycles. The molecule has 30 heavy (non-hydrogen) atoms. The Morgan fingerprint density at radius 1 is 1.20 bits per heavy atom. The molecule has 1 saturated heterocycles. The van der Waals surface area contributed by atoms with Crippen molar-refractivity contribution in [2.45, 2.75) is 57.4 Å². The zero-order chi connectivity index (χ0) is 21.7. The van der Waals surface area contributed by atoms with E-state index >= 15 is 0 Å². The first-order valence-corrected chi connectivity index (χ1v) is 11.0. The van der Waals surface area contributed by atoms with Crippen molar-refractivity contribution in [3.63, 3.8) is 0 Å². The van der Waals surface area contributed by atoms with Gasteiger partial charge in [-0.15, -0.1) is 0 Å². The first-order chi connectivity index (χ1) is 14.4. The molecule has 0 radical (unpaired) electrons. The molecule has 4 rings (SSSR count). The summed E-state index contributed by atoms with van der Waals surface area (Å²) >= 11 is 12.2. The summed E-state index contributed by atoms with van der Waals surface area (Å²) in [4.78, 5) is 32.3. The number of urea groups is 1. The number of carbonyl (C=O) groups excluding carboxylic acids is 3. The summed E-state index contributed by atoms with van der Waals surface area (Å²) in [6, 6.07) is 2.01. The Balaban J connectivity index is 0.000000216. The SMILES string of the molecule is O=C1CCCCNC(=O)N1.O=CNC(c1c(F)ccc(Cl)c1Cl)C12CCC(CC1)C2. The van der Waals surface area contributed by atoms with Crippen LogP contribution in [-0.4, -0.2) is 24.9 Å². The van der Waals surface area contributed by atoms with Gasteiger partial charge in [0.25, 0.3) is 0 Å². The lowest BCUT2D eigenvalue weighted by atomic mass is 9.74. The van der Waals surface area contributed by atoms with Gasteiger partial charge in [0.05, 0.1) is 16.1 Å². The predicted octanol–water partition coefficient (Wildman–Crippen LogP) is 4.50. The van der Waals surface area contributed by atoms with Gasteiger partial charge in [0.1, 0.15) is 5.82 Å². The van der Waals surface area contributed by atoms with Gasteiger partial charge in [0.2, 0.25) is 12.3 Å². The average Bonchev–Trinajstić information content (AvgIpc) is 3.31. The Morgan fingerprint density at radius 2 is 1.93 bits per heavy atom.